The van der Waals surface area contributed by atoms with Gasteiger partial charge in [-0.15, -0.1) is 0 Å². The molecule has 92 valence electrons. The molecule has 2 unspecified atom stereocenters. The molecule has 0 spiro atoms. The zero-order valence-electron chi connectivity index (χ0n) is 10.2. The molecule has 16 heavy (non-hydrogen) atoms. The van der Waals surface area contributed by atoms with Crippen molar-refractivity contribution < 1.29 is 19.0 Å². The van der Waals surface area contributed by atoms with Crippen LogP contribution in [0.25, 0.3) is 0 Å². The number of ether oxygens (including phenoxy) is 3. The Hall–Kier alpha value is -0.870. The Labute approximate surface area is 96.6 Å². The molecule has 1 rings (SSSR count). The summed E-state index contributed by atoms with van der Waals surface area (Å²) in [7, 11) is 0. The molecule has 1 fully saturated rings. The average Bonchev–Trinajstić information content (AvgIpc) is 2.61. The molecule has 1 heterocycles. The monoisotopic (exact) mass is 228 g/mol. The minimum atomic E-state index is -0.469. The molecule has 0 radical (unpaired) electrons. The van der Waals surface area contributed by atoms with Crippen LogP contribution in [-0.2, 0) is 19.0 Å². The van der Waals surface area contributed by atoms with Gasteiger partial charge in [-0.2, -0.15) is 0 Å². The van der Waals surface area contributed by atoms with Gasteiger partial charge in [0.1, 0.15) is 0 Å². The zero-order chi connectivity index (χ0) is 12.2. The Bertz CT molecular complexity index is 274. The lowest BCUT2D eigenvalue weighted by atomic mass is 10.2. The van der Waals surface area contributed by atoms with Crippen LogP contribution in [0.1, 0.15) is 33.6 Å². The van der Waals surface area contributed by atoms with Crippen LogP contribution in [0.4, 0.5) is 0 Å². The zero-order valence-corrected chi connectivity index (χ0v) is 10.2. The second-order valence-corrected chi connectivity index (χ2v) is 4.24. The average molecular weight is 228 g/mol. The van der Waals surface area contributed by atoms with E-state index in [0.717, 1.165) is 6.42 Å². The van der Waals surface area contributed by atoms with Crippen LogP contribution in [-0.4, -0.2) is 31.1 Å². The van der Waals surface area contributed by atoms with E-state index in [4.69, 9.17) is 14.2 Å². The predicted molar refractivity (Wildman–Crippen MR) is 59.9 cm³/mol. The maximum absolute atomic E-state index is 11.1. The Morgan fingerprint density at radius 3 is 2.81 bits per heavy atom. The summed E-state index contributed by atoms with van der Waals surface area (Å²) in [4.78, 5) is 11.1. The fourth-order valence-electron chi connectivity index (χ4n) is 1.42. The highest BCUT2D eigenvalue weighted by Gasteiger charge is 2.35. The molecule has 2 atom stereocenters. The van der Waals surface area contributed by atoms with E-state index in [1.54, 1.807) is 6.92 Å². The molecule has 0 aromatic heterocycles. The summed E-state index contributed by atoms with van der Waals surface area (Å²) in [6.45, 7) is 9.99. The van der Waals surface area contributed by atoms with Crippen molar-refractivity contribution in [1.29, 1.82) is 0 Å². The van der Waals surface area contributed by atoms with Crippen LogP contribution in [0, 0.1) is 0 Å². The summed E-state index contributed by atoms with van der Waals surface area (Å²) in [6, 6.07) is 0. The lowest BCUT2D eigenvalue weighted by molar-refractivity contribution is -0.157. The number of hydrogen-bond acceptors (Lipinski definition) is 4. The van der Waals surface area contributed by atoms with Crippen LogP contribution in [0.3, 0.4) is 0 Å². The van der Waals surface area contributed by atoms with E-state index in [-0.39, 0.29) is 12.1 Å². The first-order chi connectivity index (χ1) is 7.47. The smallest absolute Gasteiger partial charge is 0.333 e. The third-order valence-corrected chi connectivity index (χ3v) is 2.65. The molecule has 0 saturated carbocycles. The highest BCUT2D eigenvalue weighted by Crippen LogP contribution is 2.27. The maximum Gasteiger partial charge on any atom is 0.333 e. The van der Waals surface area contributed by atoms with Crippen LogP contribution in [0.15, 0.2) is 12.2 Å². The standard InChI is InChI=1S/C12H20O4/c1-5-12(4)15-8-10(16-12)6-7-14-11(13)9(2)3/h10H,2,5-8H2,1,3-4H3. The number of hydrogen-bond donors (Lipinski definition) is 0. The summed E-state index contributed by atoms with van der Waals surface area (Å²) in [5.41, 5.74) is 0.419. The van der Waals surface area contributed by atoms with Gasteiger partial charge in [0.05, 0.1) is 19.3 Å². The summed E-state index contributed by atoms with van der Waals surface area (Å²) in [6.07, 6.45) is 1.49. The van der Waals surface area contributed by atoms with Crippen molar-refractivity contribution >= 4 is 5.97 Å². The molecule has 1 aliphatic heterocycles. The molecule has 0 bridgehead atoms. The van der Waals surface area contributed by atoms with Crippen molar-refractivity contribution in [3.8, 4) is 0 Å². The van der Waals surface area contributed by atoms with Gasteiger partial charge in [-0.25, -0.2) is 4.79 Å². The van der Waals surface area contributed by atoms with Gasteiger partial charge in [0.2, 0.25) is 0 Å². The maximum atomic E-state index is 11.1. The summed E-state index contributed by atoms with van der Waals surface area (Å²) < 4.78 is 16.2. The molecular formula is C12H20O4. The van der Waals surface area contributed by atoms with Gasteiger partial charge in [0, 0.05) is 12.0 Å². The predicted octanol–water partition coefficient (Wildman–Crippen LogP) is 2.04. The SMILES string of the molecule is C=C(C)C(=O)OCCC1COC(C)(CC)O1. The van der Waals surface area contributed by atoms with Gasteiger partial charge < -0.3 is 14.2 Å². The van der Waals surface area contributed by atoms with Gasteiger partial charge in [0.25, 0.3) is 0 Å². The first-order valence-corrected chi connectivity index (χ1v) is 5.61. The lowest BCUT2D eigenvalue weighted by Crippen LogP contribution is -2.25. The second kappa shape index (κ2) is 5.46. The number of carbonyl (C=O) groups is 1. The molecular weight excluding hydrogens is 208 g/mol. The number of esters is 1. The highest BCUT2D eigenvalue weighted by atomic mass is 16.7. The van der Waals surface area contributed by atoms with E-state index in [1.165, 1.54) is 0 Å². The van der Waals surface area contributed by atoms with E-state index >= 15 is 0 Å². The number of rotatable bonds is 5. The topological polar surface area (TPSA) is 44.8 Å². The molecule has 0 aliphatic carbocycles. The van der Waals surface area contributed by atoms with Crippen molar-refractivity contribution in [2.75, 3.05) is 13.2 Å². The Balaban J connectivity index is 2.21. The third-order valence-electron chi connectivity index (χ3n) is 2.65. The molecule has 0 amide bonds. The lowest BCUT2D eigenvalue weighted by Gasteiger charge is -2.20. The minimum absolute atomic E-state index is 0.0165. The fourth-order valence-corrected chi connectivity index (χ4v) is 1.42. The van der Waals surface area contributed by atoms with Crippen LogP contribution < -0.4 is 0 Å². The molecule has 4 nitrogen and oxygen atoms in total. The van der Waals surface area contributed by atoms with Crippen molar-refractivity contribution in [3.63, 3.8) is 0 Å². The van der Waals surface area contributed by atoms with Crippen LogP contribution in [0.2, 0.25) is 0 Å². The molecule has 0 N–H and O–H groups in total. The normalized spacial score (nSPS) is 29.1. The van der Waals surface area contributed by atoms with Gasteiger partial charge >= 0.3 is 5.97 Å². The van der Waals surface area contributed by atoms with E-state index in [1.807, 2.05) is 13.8 Å². The van der Waals surface area contributed by atoms with E-state index in [2.05, 4.69) is 6.58 Å². The van der Waals surface area contributed by atoms with Gasteiger partial charge in [-0.1, -0.05) is 13.5 Å². The second-order valence-electron chi connectivity index (χ2n) is 4.24. The van der Waals surface area contributed by atoms with Gasteiger partial charge in [0.15, 0.2) is 5.79 Å². The van der Waals surface area contributed by atoms with Gasteiger partial charge in [-0.3, -0.25) is 0 Å². The van der Waals surface area contributed by atoms with E-state index in [0.29, 0.717) is 25.2 Å². The summed E-state index contributed by atoms with van der Waals surface area (Å²) >= 11 is 0. The van der Waals surface area contributed by atoms with Crippen molar-refractivity contribution in [2.45, 2.75) is 45.5 Å². The van der Waals surface area contributed by atoms with Crippen molar-refractivity contribution in [1.82, 2.24) is 0 Å². The third kappa shape index (κ3) is 3.61. The van der Waals surface area contributed by atoms with Crippen LogP contribution in [0.5, 0.6) is 0 Å². The largest absolute Gasteiger partial charge is 0.462 e. The van der Waals surface area contributed by atoms with Crippen LogP contribution >= 0.6 is 0 Å². The first kappa shape index (κ1) is 13.2. The Morgan fingerprint density at radius 2 is 2.31 bits per heavy atom. The molecule has 4 heteroatoms. The van der Waals surface area contributed by atoms with Gasteiger partial charge in [-0.05, 0) is 20.3 Å². The van der Waals surface area contributed by atoms with Crippen molar-refractivity contribution in [3.05, 3.63) is 12.2 Å². The van der Waals surface area contributed by atoms with E-state index in [9.17, 15) is 4.79 Å². The first-order valence-electron chi connectivity index (χ1n) is 5.61. The van der Waals surface area contributed by atoms with E-state index < -0.39 is 5.79 Å². The minimum Gasteiger partial charge on any atom is -0.462 e. The molecule has 1 aliphatic rings. The highest BCUT2D eigenvalue weighted by molar-refractivity contribution is 5.86. The Morgan fingerprint density at radius 1 is 1.62 bits per heavy atom. The molecule has 0 aromatic rings. The molecule has 0 aromatic carbocycles. The summed E-state index contributed by atoms with van der Waals surface area (Å²) in [5.74, 6) is -0.819. The molecule has 1 saturated heterocycles. The fraction of sp³-hybridized carbons (Fsp3) is 0.750. The quantitative estimate of drug-likeness (QED) is 0.533. The Kier molecular flexibility index (Phi) is 4.50. The summed E-state index contributed by atoms with van der Waals surface area (Å²) in [5, 5.41) is 0. The number of carbonyl (C=O) groups excluding carboxylic acids is 1. The van der Waals surface area contributed by atoms with Crippen molar-refractivity contribution in [2.24, 2.45) is 0 Å².